The van der Waals surface area contributed by atoms with Gasteiger partial charge in [0, 0.05) is 24.3 Å². The van der Waals surface area contributed by atoms with Crippen molar-refractivity contribution in [3.63, 3.8) is 0 Å². The molecule has 1 aliphatic rings. The summed E-state index contributed by atoms with van der Waals surface area (Å²) in [6, 6.07) is 11.7. The van der Waals surface area contributed by atoms with E-state index < -0.39 is 10.0 Å². The summed E-state index contributed by atoms with van der Waals surface area (Å²) in [5.74, 6) is 0.641. The molecular formula is C20H24N2O4S. The summed E-state index contributed by atoms with van der Waals surface area (Å²) in [4.78, 5) is 13.7. The van der Waals surface area contributed by atoms with E-state index >= 15 is 0 Å². The number of nitrogens with zero attached hydrogens (tertiary/aromatic N) is 1. The Balaban J connectivity index is 1.82. The van der Waals surface area contributed by atoms with Gasteiger partial charge in [0.25, 0.3) is 10.0 Å². The molecule has 6 nitrogen and oxygen atoms in total. The average Bonchev–Trinajstić information content (AvgIpc) is 2.91. The summed E-state index contributed by atoms with van der Waals surface area (Å²) < 4.78 is 33.6. The van der Waals surface area contributed by atoms with Crippen LogP contribution in [0.1, 0.15) is 33.3 Å². The van der Waals surface area contributed by atoms with E-state index in [1.165, 1.54) is 13.0 Å². The molecule has 0 radical (unpaired) electrons. The molecule has 1 unspecified atom stereocenters. The number of hydrogen-bond acceptors (Lipinski definition) is 4. The van der Waals surface area contributed by atoms with Crippen LogP contribution in [-0.4, -0.2) is 26.5 Å². The maximum Gasteiger partial charge on any atom is 0.261 e. The lowest BCUT2D eigenvalue weighted by Gasteiger charge is -2.20. The molecule has 0 saturated heterocycles. The zero-order chi connectivity index (χ0) is 19.8. The van der Waals surface area contributed by atoms with Crippen molar-refractivity contribution in [1.82, 2.24) is 0 Å². The van der Waals surface area contributed by atoms with Crippen molar-refractivity contribution in [2.75, 3.05) is 9.62 Å². The van der Waals surface area contributed by atoms with Crippen LogP contribution < -0.4 is 14.4 Å². The van der Waals surface area contributed by atoms with Crippen LogP contribution in [0.3, 0.4) is 0 Å². The van der Waals surface area contributed by atoms with Gasteiger partial charge < -0.3 is 9.64 Å². The van der Waals surface area contributed by atoms with Gasteiger partial charge in [0.1, 0.15) is 5.75 Å². The Bertz CT molecular complexity index is 952. The summed E-state index contributed by atoms with van der Waals surface area (Å²) in [5.41, 5.74) is 2.11. The van der Waals surface area contributed by atoms with E-state index in [-0.39, 0.29) is 22.9 Å². The number of carbonyl (C=O) groups is 1. The van der Waals surface area contributed by atoms with Crippen molar-refractivity contribution >= 4 is 27.3 Å². The maximum absolute atomic E-state index is 12.7. The molecular weight excluding hydrogens is 364 g/mol. The normalized spacial score (nSPS) is 16.3. The molecule has 7 heteroatoms. The van der Waals surface area contributed by atoms with Crippen LogP contribution in [0.2, 0.25) is 0 Å². The summed E-state index contributed by atoms with van der Waals surface area (Å²) in [6.07, 6.45) is 0.690. The topological polar surface area (TPSA) is 75.7 Å². The highest BCUT2D eigenvalue weighted by molar-refractivity contribution is 7.92. The minimum absolute atomic E-state index is 0.0249. The van der Waals surface area contributed by atoms with Crippen molar-refractivity contribution in [1.29, 1.82) is 0 Å². The molecule has 2 aromatic rings. The Kier molecular flexibility index (Phi) is 5.15. The Hall–Kier alpha value is -2.54. The first kappa shape index (κ1) is 19.2. The molecule has 27 heavy (non-hydrogen) atoms. The summed E-state index contributed by atoms with van der Waals surface area (Å²) in [5, 5.41) is 0. The van der Waals surface area contributed by atoms with Gasteiger partial charge in [-0.05, 0) is 75.2 Å². The molecule has 0 fully saturated rings. The fourth-order valence-electron chi connectivity index (χ4n) is 3.34. The van der Waals surface area contributed by atoms with Gasteiger partial charge in [-0.25, -0.2) is 8.42 Å². The van der Waals surface area contributed by atoms with Crippen LogP contribution in [0.4, 0.5) is 11.4 Å². The smallest absolute Gasteiger partial charge is 0.261 e. The maximum atomic E-state index is 12.7. The number of rotatable bonds is 5. The number of hydrogen-bond donors (Lipinski definition) is 1. The molecule has 1 heterocycles. The van der Waals surface area contributed by atoms with Gasteiger partial charge in [0.15, 0.2) is 0 Å². The molecule has 0 spiro atoms. The van der Waals surface area contributed by atoms with Gasteiger partial charge in [-0.1, -0.05) is 0 Å². The second kappa shape index (κ2) is 7.23. The van der Waals surface area contributed by atoms with E-state index in [1.807, 2.05) is 20.8 Å². The number of carbonyl (C=O) groups excluding carboxylic acids is 1. The van der Waals surface area contributed by atoms with Crippen molar-refractivity contribution in [3.05, 3.63) is 48.0 Å². The number of amides is 1. The minimum Gasteiger partial charge on any atom is -0.491 e. The SMILES string of the molecule is CC(=O)N1c2ccc(S(=O)(=O)Nc3ccc(OC(C)C)cc3)cc2CC1C. The third-order valence-corrected chi connectivity index (χ3v) is 5.77. The number of nitrogens with one attached hydrogen (secondary N) is 1. The first-order valence-electron chi connectivity index (χ1n) is 8.89. The number of sulfonamides is 1. The molecule has 0 saturated carbocycles. The van der Waals surface area contributed by atoms with Crippen molar-refractivity contribution < 1.29 is 17.9 Å². The van der Waals surface area contributed by atoms with Crippen LogP contribution in [0.25, 0.3) is 0 Å². The lowest BCUT2D eigenvalue weighted by Crippen LogP contribution is -2.33. The molecule has 1 aliphatic heterocycles. The van der Waals surface area contributed by atoms with Gasteiger partial charge in [0.05, 0.1) is 11.0 Å². The third kappa shape index (κ3) is 4.08. The Morgan fingerprint density at radius 1 is 1.19 bits per heavy atom. The van der Waals surface area contributed by atoms with Gasteiger partial charge in [0.2, 0.25) is 5.91 Å². The highest BCUT2D eigenvalue weighted by atomic mass is 32.2. The first-order valence-corrected chi connectivity index (χ1v) is 10.4. The summed E-state index contributed by atoms with van der Waals surface area (Å²) in [6.45, 7) is 7.33. The Morgan fingerprint density at radius 3 is 2.44 bits per heavy atom. The minimum atomic E-state index is -3.72. The molecule has 2 aromatic carbocycles. The lowest BCUT2D eigenvalue weighted by molar-refractivity contribution is -0.116. The van der Waals surface area contributed by atoms with E-state index in [4.69, 9.17) is 4.74 Å². The lowest BCUT2D eigenvalue weighted by atomic mass is 10.1. The van der Waals surface area contributed by atoms with E-state index in [2.05, 4.69) is 4.72 Å². The molecule has 1 atom stereocenters. The van der Waals surface area contributed by atoms with Crippen LogP contribution in [0, 0.1) is 0 Å². The average molecular weight is 388 g/mol. The highest BCUT2D eigenvalue weighted by Gasteiger charge is 2.30. The molecule has 0 aromatic heterocycles. The standard InChI is InChI=1S/C20H24N2O4S/c1-13(2)26-18-7-5-17(6-8-18)21-27(24,25)19-9-10-20-16(12-19)11-14(3)22(20)15(4)23/h5-10,12-14,21H,11H2,1-4H3. The second-order valence-electron chi connectivity index (χ2n) is 7.03. The monoisotopic (exact) mass is 388 g/mol. The fourth-order valence-corrected chi connectivity index (χ4v) is 4.45. The third-order valence-electron chi connectivity index (χ3n) is 4.39. The van der Waals surface area contributed by atoms with Gasteiger partial charge in [-0.2, -0.15) is 0 Å². The number of benzene rings is 2. The van der Waals surface area contributed by atoms with Crippen molar-refractivity contribution in [2.24, 2.45) is 0 Å². The number of fused-ring (bicyclic) bond motifs is 1. The molecule has 0 bridgehead atoms. The predicted octanol–water partition coefficient (Wildman–Crippen LogP) is 3.57. The Morgan fingerprint density at radius 2 is 1.85 bits per heavy atom. The van der Waals surface area contributed by atoms with Crippen LogP contribution in [-0.2, 0) is 21.2 Å². The molecule has 144 valence electrons. The van der Waals surface area contributed by atoms with Crippen LogP contribution in [0.5, 0.6) is 5.75 Å². The van der Waals surface area contributed by atoms with Crippen LogP contribution in [0.15, 0.2) is 47.4 Å². The molecule has 0 aliphatic carbocycles. The first-order chi connectivity index (χ1) is 12.7. The highest BCUT2D eigenvalue weighted by Crippen LogP contribution is 2.34. The van der Waals surface area contributed by atoms with Crippen molar-refractivity contribution in [2.45, 2.75) is 51.2 Å². The Labute approximate surface area is 160 Å². The van der Waals surface area contributed by atoms with E-state index in [0.29, 0.717) is 17.9 Å². The van der Waals surface area contributed by atoms with E-state index in [1.54, 1.807) is 41.3 Å². The quantitative estimate of drug-likeness (QED) is 0.850. The van der Waals surface area contributed by atoms with Gasteiger partial charge >= 0.3 is 0 Å². The zero-order valence-electron chi connectivity index (χ0n) is 15.9. The fraction of sp³-hybridized carbons (Fsp3) is 0.350. The van der Waals surface area contributed by atoms with Crippen LogP contribution >= 0.6 is 0 Å². The predicted molar refractivity (Wildman–Crippen MR) is 106 cm³/mol. The second-order valence-corrected chi connectivity index (χ2v) is 8.71. The molecule has 3 rings (SSSR count). The van der Waals surface area contributed by atoms with Gasteiger partial charge in [-0.15, -0.1) is 0 Å². The zero-order valence-corrected chi connectivity index (χ0v) is 16.7. The molecule has 1 amide bonds. The summed E-state index contributed by atoms with van der Waals surface area (Å²) >= 11 is 0. The van der Waals surface area contributed by atoms with E-state index in [0.717, 1.165) is 11.3 Å². The van der Waals surface area contributed by atoms with E-state index in [9.17, 15) is 13.2 Å². The number of anilines is 2. The largest absolute Gasteiger partial charge is 0.491 e. The van der Waals surface area contributed by atoms with Gasteiger partial charge in [-0.3, -0.25) is 9.52 Å². The van der Waals surface area contributed by atoms with Crippen molar-refractivity contribution in [3.8, 4) is 5.75 Å². The summed E-state index contributed by atoms with van der Waals surface area (Å²) in [7, 11) is -3.72. The molecule has 1 N–H and O–H groups in total. The number of ether oxygens (including phenoxy) is 1.